The van der Waals surface area contributed by atoms with Crippen molar-refractivity contribution in [2.75, 3.05) is 18.5 Å². The van der Waals surface area contributed by atoms with Crippen LogP contribution in [0.2, 0.25) is 0 Å². The lowest BCUT2D eigenvalue weighted by molar-refractivity contribution is -0.384. The van der Waals surface area contributed by atoms with Crippen molar-refractivity contribution in [3.05, 3.63) is 33.9 Å². The van der Waals surface area contributed by atoms with E-state index in [-0.39, 0.29) is 22.8 Å². The van der Waals surface area contributed by atoms with Gasteiger partial charge in [-0.05, 0) is 25.0 Å². The van der Waals surface area contributed by atoms with E-state index in [1.54, 1.807) is 0 Å². The minimum Gasteiger partial charge on any atom is -0.318 e. The number of piperidine rings is 1. The Morgan fingerprint density at radius 3 is 2.60 bits per heavy atom. The van der Waals surface area contributed by atoms with E-state index >= 15 is 0 Å². The normalized spacial score (nSPS) is 15.7. The molecule has 20 heavy (non-hydrogen) atoms. The van der Waals surface area contributed by atoms with E-state index in [0.717, 1.165) is 32.4 Å². The molecule has 1 aromatic carbocycles. The van der Waals surface area contributed by atoms with Crippen molar-refractivity contribution in [1.82, 2.24) is 10.4 Å². The molecule has 0 aliphatic carbocycles. The second kappa shape index (κ2) is 6.31. The van der Waals surface area contributed by atoms with E-state index in [9.17, 15) is 14.9 Å². The van der Waals surface area contributed by atoms with Gasteiger partial charge in [0, 0.05) is 24.7 Å². The number of nitrogens with two attached hydrogens (primary N) is 1. The zero-order valence-electron chi connectivity index (χ0n) is 11.0. The van der Waals surface area contributed by atoms with Gasteiger partial charge in [0.25, 0.3) is 11.6 Å². The molecule has 8 heteroatoms. The van der Waals surface area contributed by atoms with Crippen LogP contribution in [-0.4, -0.2) is 28.9 Å². The number of anilines is 1. The zero-order chi connectivity index (χ0) is 14.5. The highest BCUT2D eigenvalue weighted by Gasteiger charge is 2.19. The maximum atomic E-state index is 12.1. The molecule has 108 valence electrons. The Kier molecular flexibility index (Phi) is 4.49. The number of carbonyl (C=O) groups excluding carboxylic acids is 1. The van der Waals surface area contributed by atoms with Crippen molar-refractivity contribution < 1.29 is 9.72 Å². The number of nitrogen functional groups attached to an aromatic ring is 1. The van der Waals surface area contributed by atoms with Crippen molar-refractivity contribution in [2.45, 2.75) is 19.3 Å². The highest BCUT2D eigenvalue weighted by Crippen LogP contribution is 2.24. The summed E-state index contributed by atoms with van der Waals surface area (Å²) >= 11 is 0. The van der Waals surface area contributed by atoms with Gasteiger partial charge in [0.2, 0.25) is 0 Å². The summed E-state index contributed by atoms with van der Waals surface area (Å²) < 4.78 is 0. The fourth-order valence-electron chi connectivity index (χ4n) is 2.16. The minimum atomic E-state index is -0.577. The van der Waals surface area contributed by atoms with Gasteiger partial charge in [-0.2, -0.15) is 0 Å². The van der Waals surface area contributed by atoms with Crippen molar-refractivity contribution >= 4 is 17.3 Å². The highest BCUT2D eigenvalue weighted by molar-refractivity contribution is 5.95. The number of amides is 1. The molecule has 0 radical (unpaired) electrons. The Labute approximate surface area is 116 Å². The topological polar surface area (TPSA) is 114 Å². The third kappa shape index (κ3) is 3.22. The number of benzene rings is 1. The summed E-state index contributed by atoms with van der Waals surface area (Å²) in [5.74, 6) is 4.85. The largest absolute Gasteiger partial charge is 0.318 e. The SMILES string of the molecule is NNc1ccc(C(=O)NN2CCCCC2)cc1[N+](=O)[O-]. The number of hydrogen-bond acceptors (Lipinski definition) is 6. The quantitative estimate of drug-likeness (QED) is 0.430. The van der Waals surface area contributed by atoms with Gasteiger partial charge in [0.1, 0.15) is 5.69 Å². The predicted octanol–water partition coefficient (Wildman–Crippen LogP) is 1.01. The molecule has 0 bridgehead atoms. The second-order valence-electron chi connectivity index (χ2n) is 4.62. The second-order valence-corrected chi connectivity index (χ2v) is 4.62. The standard InChI is InChI=1S/C12H17N5O3/c13-14-10-5-4-9(8-11(10)17(19)20)12(18)15-16-6-2-1-3-7-16/h4-5,8,14H,1-3,6-7,13H2,(H,15,18). The van der Waals surface area contributed by atoms with Crippen molar-refractivity contribution in [1.29, 1.82) is 0 Å². The average Bonchev–Trinajstić information content (AvgIpc) is 2.47. The van der Waals surface area contributed by atoms with E-state index < -0.39 is 4.92 Å². The summed E-state index contributed by atoms with van der Waals surface area (Å²) in [6.45, 7) is 1.60. The van der Waals surface area contributed by atoms with Crippen LogP contribution in [0.1, 0.15) is 29.6 Å². The van der Waals surface area contributed by atoms with E-state index in [2.05, 4.69) is 10.9 Å². The molecule has 1 fully saturated rings. The van der Waals surface area contributed by atoms with Gasteiger partial charge in [-0.15, -0.1) is 0 Å². The van der Waals surface area contributed by atoms with Gasteiger partial charge < -0.3 is 5.43 Å². The predicted molar refractivity (Wildman–Crippen MR) is 73.8 cm³/mol. The summed E-state index contributed by atoms with van der Waals surface area (Å²) in [5, 5.41) is 12.8. The molecule has 4 N–H and O–H groups in total. The van der Waals surface area contributed by atoms with E-state index in [1.807, 2.05) is 5.01 Å². The molecule has 0 saturated carbocycles. The Morgan fingerprint density at radius 1 is 1.30 bits per heavy atom. The Morgan fingerprint density at radius 2 is 2.00 bits per heavy atom. The minimum absolute atomic E-state index is 0.171. The van der Waals surface area contributed by atoms with E-state index in [0.29, 0.717) is 0 Å². The van der Waals surface area contributed by atoms with E-state index in [1.165, 1.54) is 18.2 Å². The number of nitrogens with zero attached hydrogens (tertiary/aromatic N) is 2. The molecule has 1 aromatic rings. The highest BCUT2D eigenvalue weighted by atomic mass is 16.6. The van der Waals surface area contributed by atoms with Crippen LogP contribution in [0.25, 0.3) is 0 Å². The van der Waals surface area contributed by atoms with Crippen LogP contribution in [0.3, 0.4) is 0 Å². The maximum Gasteiger partial charge on any atom is 0.294 e. The van der Waals surface area contributed by atoms with Gasteiger partial charge in [-0.25, -0.2) is 5.01 Å². The Balaban J connectivity index is 2.13. The smallest absolute Gasteiger partial charge is 0.294 e. The molecule has 1 aliphatic heterocycles. The zero-order valence-corrected chi connectivity index (χ0v) is 11.0. The summed E-state index contributed by atoms with van der Waals surface area (Å²) in [6.07, 6.45) is 3.24. The fourth-order valence-corrected chi connectivity index (χ4v) is 2.16. The number of carbonyl (C=O) groups is 1. The molecular weight excluding hydrogens is 262 g/mol. The van der Waals surface area contributed by atoms with Crippen LogP contribution in [0.15, 0.2) is 18.2 Å². The lowest BCUT2D eigenvalue weighted by atomic mass is 10.1. The molecule has 1 heterocycles. The molecule has 0 spiro atoms. The maximum absolute atomic E-state index is 12.1. The number of rotatable bonds is 4. The number of hydrazine groups is 2. The summed E-state index contributed by atoms with van der Waals surface area (Å²) in [5.41, 5.74) is 5.18. The van der Waals surface area contributed by atoms with Crippen LogP contribution in [0.5, 0.6) is 0 Å². The van der Waals surface area contributed by atoms with Crippen molar-refractivity contribution in [3.63, 3.8) is 0 Å². The van der Waals surface area contributed by atoms with Gasteiger partial charge >= 0.3 is 0 Å². The summed E-state index contributed by atoms with van der Waals surface area (Å²) in [6, 6.07) is 4.14. The van der Waals surface area contributed by atoms with Crippen LogP contribution in [-0.2, 0) is 0 Å². The first kappa shape index (κ1) is 14.2. The van der Waals surface area contributed by atoms with Crippen LogP contribution < -0.4 is 16.7 Å². The molecule has 1 aliphatic rings. The summed E-state index contributed by atoms with van der Waals surface area (Å²) in [4.78, 5) is 22.4. The van der Waals surface area contributed by atoms with Crippen LogP contribution in [0.4, 0.5) is 11.4 Å². The Bertz CT molecular complexity index is 514. The first-order valence-electron chi connectivity index (χ1n) is 6.43. The van der Waals surface area contributed by atoms with Gasteiger partial charge in [-0.1, -0.05) is 6.42 Å². The fraction of sp³-hybridized carbons (Fsp3) is 0.417. The number of nitro benzene ring substituents is 1. The van der Waals surface area contributed by atoms with Gasteiger partial charge in [0.05, 0.1) is 4.92 Å². The molecule has 0 atom stereocenters. The third-order valence-corrected chi connectivity index (χ3v) is 3.23. The van der Waals surface area contributed by atoms with E-state index in [4.69, 9.17) is 5.84 Å². The molecule has 1 amide bonds. The van der Waals surface area contributed by atoms with Crippen LogP contribution in [0, 0.1) is 10.1 Å². The molecular formula is C12H17N5O3. The average molecular weight is 279 g/mol. The molecule has 8 nitrogen and oxygen atoms in total. The first-order chi connectivity index (χ1) is 9.61. The molecule has 0 aromatic heterocycles. The van der Waals surface area contributed by atoms with Crippen molar-refractivity contribution in [2.24, 2.45) is 5.84 Å². The molecule has 1 saturated heterocycles. The lowest BCUT2D eigenvalue weighted by Crippen LogP contribution is -2.45. The van der Waals surface area contributed by atoms with Crippen molar-refractivity contribution in [3.8, 4) is 0 Å². The molecule has 2 rings (SSSR count). The van der Waals surface area contributed by atoms with Crippen LogP contribution >= 0.6 is 0 Å². The number of nitro groups is 1. The lowest BCUT2D eigenvalue weighted by Gasteiger charge is -2.26. The van der Waals surface area contributed by atoms with Gasteiger partial charge in [-0.3, -0.25) is 26.2 Å². The number of nitrogens with one attached hydrogen (secondary N) is 2. The third-order valence-electron chi connectivity index (χ3n) is 3.23. The van der Waals surface area contributed by atoms with Gasteiger partial charge in [0.15, 0.2) is 0 Å². The Hall–Kier alpha value is -2.19. The molecule has 0 unspecified atom stereocenters. The monoisotopic (exact) mass is 279 g/mol. The summed E-state index contributed by atoms with van der Waals surface area (Å²) in [7, 11) is 0. The number of hydrogen-bond donors (Lipinski definition) is 3. The first-order valence-corrected chi connectivity index (χ1v) is 6.43.